The van der Waals surface area contributed by atoms with E-state index in [9.17, 15) is 4.79 Å². The van der Waals surface area contributed by atoms with Crippen LogP contribution in [0.4, 0.5) is 5.69 Å². The SMILES string of the molecule is CC(C)C(=O)Nc1ccc2c(c1)nc1n2CCCCC1. The molecule has 1 aromatic heterocycles. The number of hydrogen-bond acceptors (Lipinski definition) is 2. The van der Waals surface area contributed by atoms with Gasteiger partial charge in [-0.2, -0.15) is 0 Å². The summed E-state index contributed by atoms with van der Waals surface area (Å²) in [6, 6.07) is 6.03. The molecule has 2 aromatic rings. The Bertz CT molecular complexity index is 642. The molecule has 4 heteroatoms. The van der Waals surface area contributed by atoms with Crippen molar-refractivity contribution in [1.29, 1.82) is 0 Å². The summed E-state index contributed by atoms with van der Waals surface area (Å²) in [5.41, 5.74) is 3.01. The van der Waals surface area contributed by atoms with Crippen molar-refractivity contribution in [1.82, 2.24) is 9.55 Å². The van der Waals surface area contributed by atoms with Gasteiger partial charge in [-0.3, -0.25) is 4.79 Å². The second-order valence-corrected chi connectivity index (χ2v) is 5.84. The van der Waals surface area contributed by atoms with Gasteiger partial charge in [0.2, 0.25) is 5.91 Å². The Labute approximate surface area is 119 Å². The summed E-state index contributed by atoms with van der Waals surface area (Å²) in [6.45, 7) is 4.85. The fourth-order valence-corrected chi connectivity index (χ4v) is 2.71. The van der Waals surface area contributed by atoms with Gasteiger partial charge in [0.1, 0.15) is 5.82 Å². The van der Waals surface area contributed by atoms with Crippen molar-refractivity contribution in [3.8, 4) is 0 Å². The third kappa shape index (κ3) is 2.42. The van der Waals surface area contributed by atoms with Crippen LogP contribution < -0.4 is 5.32 Å². The summed E-state index contributed by atoms with van der Waals surface area (Å²) < 4.78 is 2.33. The lowest BCUT2D eigenvalue weighted by Crippen LogP contribution is -2.17. The van der Waals surface area contributed by atoms with Crippen molar-refractivity contribution in [2.45, 2.75) is 46.1 Å². The Morgan fingerprint density at radius 1 is 1.30 bits per heavy atom. The normalized spacial score (nSPS) is 15.2. The van der Waals surface area contributed by atoms with Gasteiger partial charge < -0.3 is 9.88 Å². The van der Waals surface area contributed by atoms with Crippen molar-refractivity contribution >= 4 is 22.6 Å². The molecule has 0 saturated heterocycles. The first-order valence-corrected chi connectivity index (χ1v) is 7.45. The molecule has 1 aliphatic heterocycles. The molecular formula is C16H21N3O. The molecule has 2 heterocycles. The average molecular weight is 271 g/mol. The Kier molecular flexibility index (Phi) is 3.47. The monoisotopic (exact) mass is 271 g/mol. The molecule has 0 atom stereocenters. The fourth-order valence-electron chi connectivity index (χ4n) is 2.71. The van der Waals surface area contributed by atoms with Crippen molar-refractivity contribution in [3.63, 3.8) is 0 Å². The van der Waals surface area contributed by atoms with E-state index in [2.05, 4.69) is 16.0 Å². The molecule has 20 heavy (non-hydrogen) atoms. The van der Waals surface area contributed by atoms with Crippen LogP contribution in [-0.4, -0.2) is 15.5 Å². The number of aromatic nitrogens is 2. The average Bonchev–Trinajstić information content (AvgIpc) is 2.60. The minimum Gasteiger partial charge on any atom is -0.328 e. The predicted octanol–water partition coefficient (Wildman–Crippen LogP) is 3.36. The van der Waals surface area contributed by atoms with Gasteiger partial charge in [-0.25, -0.2) is 4.98 Å². The zero-order valence-electron chi connectivity index (χ0n) is 12.1. The Morgan fingerprint density at radius 2 is 2.15 bits per heavy atom. The van der Waals surface area contributed by atoms with Gasteiger partial charge >= 0.3 is 0 Å². The number of benzene rings is 1. The topological polar surface area (TPSA) is 46.9 Å². The van der Waals surface area contributed by atoms with Crippen LogP contribution in [0.3, 0.4) is 0 Å². The Balaban J connectivity index is 1.94. The molecule has 0 unspecified atom stereocenters. The number of nitrogens with zero attached hydrogens (tertiary/aromatic N) is 2. The number of fused-ring (bicyclic) bond motifs is 3. The lowest BCUT2D eigenvalue weighted by Gasteiger charge is -2.08. The molecule has 0 bridgehead atoms. The first-order chi connectivity index (χ1) is 9.65. The van der Waals surface area contributed by atoms with Gasteiger partial charge in [0.05, 0.1) is 11.0 Å². The molecule has 106 valence electrons. The number of carbonyl (C=O) groups is 1. The van der Waals surface area contributed by atoms with Gasteiger partial charge in [-0.1, -0.05) is 20.3 Å². The maximum absolute atomic E-state index is 11.8. The van der Waals surface area contributed by atoms with E-state index < -0.39 is 0 Å². The first-order valence-electron chi connectivity index (χ1n) is 7.45. The van der Waals surface area contributed by atoms with Crippen LogP contribution in [0.25, 0.3) is 11.0 Å². The summed E-state index contributed by atoms with van der Waals surface area (Å²) in [5, 5.41) is 2.94. The molecule has 4 nitrogen and oxygen atoms in total. The van der Waals surface area contributed by atoms with Crippen molar-refractivity contribution in [2.75, 3.05) is 5.32 Å². The van der Waals surface area contributed by atoms with E-state index in [1.807, 2.05) is 26.0 Å². The standard InChI is InChI=1S/C16H21N3O/c1-11(2)16(20)17-12-7-8-14-13(10-12)18-15-6-4-3-5-9-19(14)15/h7-8,10-11H,3-6,9H2,1-2H3,(H,17,20). The number of hydrogen-bond donors (Lipinski definition) is 1. The number of carbonyl (C=O) groups excluding carboxylic acids is 1. The highest BCUT2D eigenvalue weighted by Crippen LogP contribution is 2.24. The van der Waals surface area contributed by atoms with E-state index in [4.69, 9.17) is 4.98 Å². The lowest BCUT2D eigenvalue weighted by atomic mass is 10.2. The minimum absolute atomic E-state index is 0.00980. The highest BCUT2D eigenvalue weighted by atomic mass is 16.1. The predicted molar refractivity (Wildman–Crippen MR) is 80.8 cm³/mol. The van der Waals surface area contributed by atoms with E-state index in [1.54, 1.807) is 0 Å². The quantitative estimate of drug-likeness (QED) is 0.910. The second kappa shape index (κ2) is 5.27. The Hall–Kier alpha value is -1.84. The largest absolute Gasteiger partial charge is 0.328 e. The maximum Gasteiger partial charge on any atom is 0.226 e. The molecular weight excluding hydrogens is 250 g/mol. The molecule has 1 N–H and O–H groups in total. The van der Waals surface area contributed by atoms with E-state index in [0.29, 0.717) is 0 Å². The zero-order chi connectivity index (χ0) is 14.1. The van der Waals surface area contributed by atoms with Crippen molar-refractivity contribution in [2.24, 2.45) is 5.92 Å². The lowest BCUT2D eigenvalue weighted by molar-refractivity contribution is -0.118. The first kappa shape index (κ1) is 13.2. The zero-order valence-corrected chi connectivity index (χ0v) is 12.1. The molecule has 0 radical (unpaired) electrons. The van der Waals surface area contributed by atoms with Crippen LogP contribution in [0.2, 0.25) is 0 Å². The third-order valence-corrected chi connectivity index (χ3v) is 3.90. The summed E-state index contributed by atoms with van der Waals surface area (Å²) >= 11 is 0. The van der Waals surface area contributed by atoms with E-state index in [0.717, 1.165) is 24.2 Å². The molecule has 3 rings (SSSR count). The summed E-state index contributed by atoms with van der Waals surface area (Å²) in [7, 11) is 0. The number of anilines is 1. The van der Waals surface area contributed by atoms with Crippen LogP contribution in [0.15, 0.2) is 18.2 Å². The number of nitrogens with one attached hydrogen (secondary N) is 1. The third-order valence-electron chi connectivity index (χ3n) is 3.90. The number of amides is 1. The molecule has 0 fully saturated rings. The second-order valence-electron chi connectivity index (χ2n) is 5.84. The van der Waals surface area contributed by atoms with E-state index >= 15 is 0 Å². The highest BCUT2D eigenvalue weighted by molar-refractivity contribution is 5.94. The van der Waals surface area contributed by atoms with Crippen LogP contribution in [-0.2, 0) is 17.8 Å². The van der Waals surface area contributed by atoms with Gasteiger partial charge in [-0.15, -0.1) is 0 Å². The molecule has 1 amide bonds. The van der Waals surface area contributed by atoms with Gasteiger partial charge in [0, 0.05) is 24.6 Å². The highest BCUT2D eigenvalue weighted by Gasteiger charge is 2.14. The van der Waals surface area contributed by atoms with Crippen LogP contribution in [0, 0.1) is 5.92 Å². The van der Waals surface area contributed by atoms with Crippen molar-refractivity contribution in [3.05, 3.63) is 24.0 Å². The van der Waals surface area contributed by atoms with Crippen molar-refractivity contribution < 1.29 is 4.79 Å². The van der Waals surface area contributed by atoms with Crippen LogP contribution in [0.1, 0.15) is 38.9 Å². The molecule has 1 aromatic carbocycles. The molecule has 1 aliphatic rings. The fraction of sp³-hybridized carbons (Fsp3) is 0.500. The number of aryl methyl sites for hydroxylation is 2. The summed E-state index contributed by atoms with van der Waals surface area (Å²) in [6.07, 6.45) is 4.79. The Morgan fingerprint density at radius 3 is 2.95 bits per heavy atom. The minimum atomic E-state index is -0.00980. The number of rotatable bonds is 2. The van der Waals surface area contributed by atoms with Gasteiger partial charge in [-0.05, 0) is 31.0 Å². The molecule has 0 spiro atoms. The molecule has 0 saturated carbocycles. The summed E-state index contributed by atoms with van der Waals surface area (Å²) in [5.74, 6) is 1.22. The van der Waals surface area contributed by atoms with Gasteiger partial charge in [0.25, 0.3) is 0 Å². The van der Waals surface area contributed by atoms with E-state index in [-0.39, 0.29) is 11.8 Å². The maximum atomic E-state index is 11.8. The smallest absolute Gasteiger partial charge is 0.226 e. The summed E-state index contributed by atoms with van der Waals surface area (Å²) in [4.78, 5) is 16.5. The molecule has 0 aliphatic carbocycles. The van der Waals surface area contributed by atoms with E-state index in [1.165, 1.54) is 30.6 Å². The number of imidazole rings is 1. The van der Waals surface area contributed by atoms with Crippen LogP contribution >= 0.6 is 0 Å². The van der Waals surface area contributed by atoms with Gasteiger partial charge in [0.15, 0.2) is 0 Å². The van der Waals surface area contributed by atoms with Crippen LogP contribution in [0.5, 0.6) is 0 Å².